The molecule has 20 heavy (non-hydrogen) atoms. The van der Waals surface area contributed by atoms with Gasteiger partial charge in [-0.15, -0.1) is 0 Å². The van der Waals surface area contributed by atoms with Gasteiger partial charge in [-0.25, -0.2) is 0 Å². The molecule has 0 aliphatic carbocycles. The monoisotopic (exact) mass is 311 g/mol. The number of hydrogen-bond acceptors (Lipinski definition) is 2. The Morgan fingerprint density at radius 3 is 2.70 bits per heavy atom. The molecule has 0 spiro atoms. The molecule has 0 radical (unpaired) electrons. The van der Waals surface area contributed by atoms with Gasteiger partial charge in [0.15, 0.2) is 0 Å². The summed E-state index contributed by atoms with van der Waals surface area (Å²) in [6.45, 7) is 7.74. The zero-order valence-electron chi connectivity index (χ0n) is 12.0. The highest BCUT2D eigenvalue weighted by Crippen LogP contribution is 2.26. The van der Waals surface area contributed by atoms with Crippen LogP contribution in [0.4, 0.5) is 0 Å². The van der Waals surface area contributed by atoms with Gasteiger partial charge in [0.25, 0.3) is 0 Å². The fourth-order valence-corrected chi connectivity index (χ4v) is 2.35. The topological polar surface area (TPSA) is 29.9 Å². The largest absolute Gasteiger partial charge is 0.310 e. The fraction of sp³-hybridized carbons (Fsp3) is 0.400. The summed E-state index contributed by atoms with van der Waals surface area (Å²) < 4.78 is 1.91. The van der Waals surface area contributed by atoms with Gasteiger partial charge in [0.2, 0.25) is 0 Å². The van der Waals surface area contributed by atoms with Crippen molar-refractivity contribution in [2.45, 2.75) is 39.9 Å². The van der Waals surface area contributed by atoms with Crippen LogP contribution in [-0.2, 0) is 13.1 Å². The summed E-state index contributed by atoms with van der Waals surface area (Å²) >= 11 is 12.2. The van der Waals surface area contributed by atoms with Gasteiger partial charge in [-0.3, -0.25) is 4.68 Å². The Labute approximate surface area is 129 Å². The van der Waals surface area contributed by atoms with E-state index in [9.17, 15) is 0 Å². The number of nitrogens with zero attached hydrogens (tertiary/aromatic N) is 2. The minimum atomic E-state index is 0.458. The molecule has 2 aromatic rings. The average Bonchev–Trinajstić information content (AvgIpc) is 2.73. The first-order valence-corrected chi connectivity index (χ1v) is 7.42. The summed E-state index contributed by atoms with van der Waals surface area (Å²) in [5, 5.41) is 9.11. The van der Waals surface area contributed by atoms with Gasteiger partial charge in [-0.05, 0) is 18.6 Å². The number of halogens is 2. The molecule has 0 aliphatic rings. The predicted molar refractivity (Wildman–Crippen MR) is 84.5 cm³/mol. The molecule has 1 heterocycles. The molecule has 0 aliphatic heterocycles. The second-order valence-electron chi connectivity index (χ2n) is 5.19. The lowest BCUT2D eigenvalue weighted by atomic mass is 10.2. The number of rotatable bonds is 5. The lowest BCUT2D eigenvalue weighted by Crippen LogP contribution is -2.21. The van der Waals surface area contributed by atoms with Crippen molar-refractivity contribution in [1.29, 1.82) is 0 Å². The van der Waals surface area contributed by atoms with Crippen LogP contribution in [-0.4, -0.2) is 15.8 Å². The van der Waals surface area contributed by atoms with Crippen LogP contribution in [0.5, 0.6) is 0 Å². The van der Waals surface area contributed by atoms with E-state index in [-0.39, 0.29) is 0 Å². The number of benzene rings is 1. The normalized spacial score (nSPS) is 11.3. The van der Waals surface area contributed by atoms with E-state index in [1.165, 1.54) is 5.56 Å². The summed E-state index contributed by atoms with van der Waals surface area (Å²) in [6.07, 6.45) is 2.06. The molecule has 1 aromatic heterocycles. The molecule has 3 nitrogen and oxygen atoms in total. The van der Waals surface area contributed by atoms with Crippen LogP contribution in [0.25, 0.3) is 0 Å². The first-order valence-electron chi connectivity index (χ1n) is 6.66. The number of aromatic nitrogens is 2. The van der Waals surface area contributed by atoms with E-state index in [0.717, 1.165) is 17.8 Å². The van der Waals surface area contributed by atoms with Gasteiger partial charge in [-0.2, -0.15) is 5.10 Å². The highest BCUT2D eigenvalue weighted by molar-refractivity contribution is 6.42. The van der Waals surface area contributed by atoms with Gasteiger partial charge < -0.3 is 5.32 Å². The van der Waals surface area contributed by atoms with Crippen LogP contribution in [0.15, 0.2) is 24.4 Å². The molecule has 0 fully saturated rings. The molecule has 0 saturated heterocycles. The molecule has 0 unspecified atom stereocenters. The van der Waals surface area contributed by atoms with Crippen molar-refractivity contribution in [3.8, 4) is 0 Å². The Balaban J connectivity index is 2.14. The molecule has 0 bridgehead atoms. The highest BCUT2D eigenvalue weighted by Gasteiger charge is 2.09. The first kappa shape index (κ1) is 15.4. The van der Waals surface area contributed by atoms with Crippen molar-refractivity contribution in [2.75, 3.05) is 0 Å². The number of nitrogens with one attached hydrogen (secondary N) is 1. The molecule has 0 saturated carbocycles. The molecule has 108 valence electrons. The smallest absolute Gasteiger partial charge is 0.0674 e. The Bertz CT molecular complexity index is 591. The van der Waals surface area contributed by atoms with Gasteiger partial charge in [0.1, 0.15) is 0 Å². The lowest BCUT2D eigenvalue weighted by molar-refractivity contribution is 0.587. The quantitative estimate of drug-likeness (QED) is 0.903. The van der Waals surface area contributed by atoms with E-state index in [2.05, 4.69) is 30.5 Å². The third-order valence-electron chi connectivity index (χ3n) is 3.11. The van der Waals surface area contributed by atoms with Crippen LogP contribution < -0.4 is 5.32 Å². The molecule has 1 aromatic carbocycles. The second kappa shape index (κ2) is 6.61. The Kier molecular flexibility index (Phi) is 5.08. The third-order valence-corrected chi connectivity index (χ3v) is 3.97. The molecular weight excluding hydrogens is 293 g/mol. The molecular formula is C15H19Cl2N3. The van der Waals surface area contributed by atoms with E-state index in [1.807, 2.05) is 23.7 Å². The maximum Gasteiger partial charge on any atom is 0.0674 e. The molecule has 2 rings (SSSR count). The highest BCUT2D eigenvalue weighted by atomic mass is 35.5. The van der Waals surface area contributed by atoms with Crippen LogP contribution in [0, 0.1) is 6.92 Å². The Morgan fingerprint density at radius 1 is 1.25 bits per heavy atom. The maximum atomic E-state index is 6.21. The van der Waals surface area contributed by atoms with Crippen molar-refractivity contribution < 1.29 is 0 Å². The molecule has 5 heteroatoms. The lowest BCUT2D eigenvalue weighted by Gasteiger charge is -2.06. The average molecular weight is 312 g/mol. The van der Waals surface area contributed by atoms with Gasteiger partial charge >= 0.3 is 0 Å². The van der Waals surface area contributed by atoms with Crippen molar-refractivity contribution >= 4 is 23.2 Å². The van der Waals surface area contributed by atoms with E-state index in [4.69, 9.17) is 23.2 Å². The van der Waals surface area contributed by atoms with Gasteiger partial charge in [0, 0.05) is 24.3 Å². The van der Waals surface area contributed by atoms with E-state index in [1.54, 1.807) is 6.07 Å². The SMILES string of the molecule is Cc1nn(Cc2cccc(Cl)c2Cl)cc1CNC(C)C. The summed E-state index contributed by atoms with van der Waals surface area (Å²) in [5.74, 6) is 0. The summed E-state index contributed by atoms with van der Waals surface area (Å²) in [7, 11) is 0. The van der Waals surface area contributed by atoms with Crippen LogP contribution in [0.2, 0.25) is 10.0 Å². The summed E-state index contributed by atoms with van der Waals surface area (Å²) in [4.78, 5) is 0. The number of aryl methyl sites for hydroxylation is 1. The second-order valence-corrected chi connectivity index (χ2v) is 5.97. The zero-order valence-corrected chi connectivity index (χ0v) is 13.5. The Morgan fingerprint density at radius 2 is 2.00 bits per heavy atom. The van der Waals surface area contributed by atoms with Crippen LogP contribution >= 0.6 is 23.2 Å². The predicted octanol–water partition coefficient (Wildman–Crippen LogP) is 4.04. The van der Waals surface area contributed by atoms with Gasteiger partial charge in [-0.1, -0.05) is 49.2 Å². The minimum Gasteiger partial charge on any atom is -0.310 e. The molecule has 0 atom stereocenters. The maximum absolute atomic E-state index is 6.21. The Hall–Kier alpha value is -1.03. The summed E-state index contributed by atoms with van der Waals surface area (Å²) in [6, 6.07) is 6.12. The van der Waals surface area contributed by atoms with E-state index in [0.29, 0.717) is 22.6 Å². The first-order chi connectivity index (χ1) is 9.47. The minimum absolute atomic E-state index is 0.458. The molecule has 0 amide bonds. The van der Waals surface area contributed by atoms with Crippen molar-refractivity contribution in [3.05, 3.63) is 51.3 Å². The summed E-state index contributed by atoms with van der Waals surface area (Å²) in [5.41, 5.74) is 3.22. The standard InChI is InChI=1S/C15H19Cl2N3/c1-10(2)18-7-13-9-20(19-11(13)3)8-12-5-4-6-14(16)15(12)17/h4-6,9-10,18H,7-8H2,1-3H3. The van der Waals surface area contributed by atoms with Crippen molar-refractivity contribution in [3.63, 3.8) is 0 Å². The van der Waals surface area contributed by atoms with E-state index < -0.39 is 0 Å². The molecule has 1 N–H and O–H groups in total. The van der Waals surface area contributed by atoms with Gasteiger partial charge in [0.05, 0.1) is 22.3 Å². The third kappa shape index (κ3) is 3.75. The van der Waals surface area contributed by atoms with E-state index >= 15 is 0 Å². The fourth-order valence-electron chi connectivity index (χ4n) is 1.97. The van der Waals surface area contributed by atoms with Crippen molar-refractivity contribution in [2.24, 2.45) is 0 Å². The number of hydrogen-bond donors (Lipinski definition) is 1. The van der Waals surface area contributed by atoms with Crippen LogP contribution in [0.1, 0.15) is 30.7 Å². The van der Waals surface area contributed by atoms with Crippen molar-refractivity contribution in [1.82, 2.24) is 15.1 Å². The van der Waals surface area contributed by atoms with Crippen LogP contribution in [0.3, 0.4) is 0 Å². The zero-order chi connectivity index (χ0) is 14.7.